The zero-order valence-corrected chi connectivity index (χ0v) is 29.7. The lowest BCUT2D eigenvalue weighted by Crippen LogP contribution is -2.57. The molecule has 0 aromatic carbocycles. The molecule has 0 aromatic heterocycles. The van der Waals surface area contributed by atoms with Gasteiger partial charge >= 0.3 is 0 Å². The fraction of sp³-hybridized carbons (Fsp3) is 1.00. The highest BCUT2D eigenvalue weighted by Gasteiger charge is 2.58. The molecule has 0 nitrogen and oxygen atoms in total. The Morgan fingerprint density at radius 1 is 0.550 bits per heavy atom. The maximum Gasteiger partial charge on any atom is -0.0241 e. The van der Waals surface area contributed by atoms with Gasteiger partial charge in [-0.15, -0.1) is 0 Å². The Balaban J connectivity index is 0.000000139. The van der Waals surface area contributed by atoms with Crippen molar-refractivity contribution >= 4 is 0 Å². The van der Waals surface area contributed by atoms with Crippen molar-refractivity contribution in [2.75, 3.05) is 0 Å². The molecule has 8 fully saturated rings. The Hall–Kier alpha value is 0. The summed E-state index contributed by atoms with van der Waals surface area (Å²) in [4.78, 5) is 0. The third kappa shape index (κ3) is 7.03. The summed E-state index contributed by atoms with van der Waals surface area (Å²) in [6.07, 6.45) is 22.7. The van der Waals surface area contributed by atoms with Crippen LogP contribution in [0.4, 0.5) is 0 Å². The van der Waals surface area contributed by atoms with Crippen LogP contribution in [0.25, 0.3) is 0 Å². The minimum absolute atomic E-state index is 0.521. The zero-order valence-electron chi connectivity index (χ0n) is 29.7. The zero-order chi connectivity index (χ0) is 29.7. The molecule has 0 heteroatoms. The van der Waals surface area contributed by atoms with Gasteiger partial charge in [-0.2, -0.15) is 0 Å². The van der Waals surface area contributed by atoms with Crippen LogP contribution in [0.3, 0.4) is 0 Å². The lowest BCUT2D eigenvalue weighted by Gasteiger charge is -2.64. The van der Waals surface area contributed by atoms with Crippen LogP contribution in [0, 0.1) is 74.4 Å². The molecular formula is C40H74. The van der Waals surface area contributed by atoms with Gasteiger partial charge < -0.3 is 0 Å². The minimum atomic E-state index is 0.521. The molecular weight excluding hydrogens is 480 g/mol. The van der Waals surface area contributed by atoms with Crippen molar-refractivity contribution in [1.82, 2.24) is 0 Å². The van der Waals surface area contributed by atoms with Gasteiger partial charge in [-0.3, -0.25) is 0 Å². The molecule has 0 unspecified atom stereocenters. The first-order valence-corrected chi connectivity index (χ1v) is 18.3. The Morgan fingerprint density at radius 2 is 1.00 bits per heavy atom. The molecule has 0 spiro atoms. The van der Waals surface area contributed by atoms with Crippen molar-refractivity contribution in [2.45, 2.75) is 179 Å². The quantitative estimate of drug-likeness (QED) is 0.279. The van der Waals surface area contributed by atoms with E-state index in [1.54, 1.807) is 38.5 Å². The average molecular weight is 555 g/mol. The van der Waals surface area contributed by atoms with Crippen LogP contribution in [-0.2, 0) is 0 Å². The summed E-state index contributed by atoms with van der Waals surface area (Å²) in [7, 11) is 0. The molecule has 8 saturated carbocycles. The first kappa shape index (κ1) is 32.9. The van der Waals surface area contributed by atoms with Crippen LogP contribution < -0.4 is 0 Å². The third-order valence-electron chi connectivity index (χ3n) is 14.4. The monoisotopic (exact) mass is 555 g/mol. The van der Waals surface area contributed by atoms with E-state index in [4.69, 9.17) is 0 Å². The maximum absolute atomic E-state index is 2.50. The molecule has 0 amide bonds. The second-order valence-corrected chi connectivity index (χ2v) is 20.3. The largest absolute Gasteiger partial charge is 0.0619 e. The van der Waals surface area contributed by atoms with Crippen LogP contribution >= 0.6 is 0 Å². The van der Waals surface area contributed by atoms with E-state index in [0.29, 0.717) is 21.7 Å². The lowest BCUT2D eigenvalue weighted by molar-refractivity contribution is -0.150. The van der Waals surface area contributed by atoms with Crippen LogP contribution in [0.15, 0.2) is 0 Å². The van der Waals surface area contributed by atoms with Crippen molar-refractivity contribution < 1.29 is 0 Å². The van der Waals surface area contributed by atoms with Crippen molar-refractivity contribution in [3.8, 4) is 0 Å². The van der Waals surface area contributed by atoms with E-state index in [2.05, 4.69) is 83.1 Å². The van der Waals surface area contributed by atoms with Crippen molar-refractivity contribution in [3.63, 3.8) is 0 Å². The number of hydrogen-bond donors (Lipinski definition) is 0. The van der Waals surface area contributed by atoms with Gasteiger partial charge in [-0.25, -0.2) is 0 Å². The highest BCUT2D eigenvalue weighted by molar-refractivity contribution is 5.07. The summed E-state index contributed by atoms with van der Waals surface area (Å²) in [5.41, 5.74) is 3.02. The maximum atomic E-state index is 2.50. The summed E-state index contributed by atoms with van der Waals surface area (Å²) >= 11 is 0. The Morgan fingerprint density at radius 3 is 1.35 bits per heavy atom. The van der Waals surface area contributed by atoms with E-state index in [9.17, 15) is 0 Å². The van der Waals surface area contributed by atoms with E-state index in [0.717, 1.165) is 52.8 Å². The Kier molecular flexibility index (Phi) is 9.73. The van der Waals surface area contributed by atoms with Crippen LogP contribution in [0.5, 0.6) is 0 Å². The van der Waals surface area contributed by atoms with Crippen LogP contribution in [-0.4, -0.2) is 0 Å². The van der Waals surface area contributed by atoms with E-state index in [-0.39, 0.29) is 0 Å². The second-order valence-electron chi connectivity index (χ2n) is 20.3. The topological polar surface area (TPSA) is 0 Å². The SMILES string of the molecule is CC(C)(C)C12CC3CC(CC(C3)C1)C2.CC(C)(C)C1CCCCCCC1.C[C@H]1[C@H](C(C)(C)C)C[C@@H]2C[C@H]1C2(C)C. The second kappa shape index (κ2) is 11.8. The molecule has 40 heavy (non-hydrogen) atoms. The number of rotatable bonds is 0. The average Bonchev–Trinajstić information content (AvgIpc) is 2.76. The van der Waals surface area contributed by atoms with E-state index >= 15 is 0 Å². The van der Waals surface area contributed by atoms with Crippen molar-refractivity contribution in [2.24, 2.45) is 74.4 Å². The fourth-order valence-corrected chi connectivity index (χ4v) is 11.6. The summed E-state index contributed by atoms with van der Waals surface area (Å²) in [5.74, 6) is 8.24. The van der Waals surface area contributed by atoms with Gasteiger partial charge in [-0.05, 0) is 139 Å². The molecule has 8 aliphatic carbocycles. The van der Waals surface area contributed by atoms with Crippen molar-refractivity contribution in [1.29, 1.82) is 0 Å². The predicted molar refractivity (Wildman–Crippen MR) is 177 cm³/mol. The molecule has 4 atom stereocenters. The minimum Gasteiger partial charge on any atom is -0.0619 e. The van der Waals surface area contributed by atoms with Gasteiger partial charge in [0.1, 0.15) is 0 Å². The molecule has 0 radical (unpaired) electrons. The first-order valence-electron chi connectivity index (χ1n) is 18.3. The molecule has 0 aliphatic heterocycles. The molecule has 0 aromatic rings. The fourth-order valence-electron chi connectivity index (χ4n) is 11.6. The van der Waals surface area contributed by atoms with Gasteiger partial charge in [0.05, 0.1) is 0 Å². The number of fused-ring (bicyclic) bond motifs is 2. The van der Waals surface area contributed by atoms with Gasteiger partial charge in [0.25, 0.3) is 0 Å². The Bertz CT molecular complexity index is 763. The van der Waals surface area contributed by atoms with Crippen molar-refractivity contribution in [3.05, 3.63) is 0 Å². The summed E-state index contributed by atoms with van der Waals surface area (Å²) < 4.78 is 0. The summed E-state index contributed by atoms with van der Waals surface area (Å²) in [6.45, 7) is 29.4. The van der Waals surface area contributed by atoms with E-state index in [1.165, 1.54) is 57.8 Å². The van der Waals surface area contributed by atoms with Crippen LogP contribution in [0.1, 0.15) is 179 Å². The van der Waals surface area contributed by atoms with Crippen LogP contribution in [0.2, 0.25) is 0 Å². The Labute approximate surface area is 253 Å². The van der Waals surface area contributed by atoms with E-state index < -0.39 is 0 Å². The molecule has 0 saturated heterocycles. The van der Waals surface area contributed by atoms with Gasteiger partial charge in [0.15, 0.2) is 0 Å². The van der Waals surface area contributed by atoms with E-state index in [1.807, 2.05) is 0 Å². The standard InChI is InChI=1S/C14H24.C14H26.C12H24/c1-13(2,3)14-7-10-4-11(8-14)6-12(5-10)9-14;1-9-11(13(2,3)4)7-10-8-12(9)14(10,5)6;1-12(2,3)11-9-7-5-4-6-8-10-11/h10-12H,4-9H2,1-3H3;9-12H,7-8H2,1-6H3;11H,4-10H2,1-3H3/t;9-,10+,11+,12+;/m.0./s1. The molecule has 0 heterocycles. The summed E-state index contributed by atoms with van der Waals surface area (Å²) in [5, 5.41) is 0. The third-order valence-corrected chi connectivity index (χ3v) is 14.4. The predicted octanol–water partition coefficient (Wildman–Crippen LogP) is 13.0. The van der Waals surface area contributed by atoms with Gasteiger partial charge in [-0.1, -0.05) is 115 Å². The normalized spacial score (nSPS) is 41.0. The molecule has 6 bridgehead atoms. The van der Waals surface area contributed by atoms with Gasteiger partial charge in [0, 0.05) is 0 Å². The molecule has 8 aliphatic rings. The first-order chi connectivity index (χ1) is 18.3. The molecule has 8 rings (SSSR count). The molecule has 0 N–H and O–H groups in total. The summed E-state index contributed by atoms with van der Waals surface area (Å²) in [6, 6.07) is 0. The number of hydrogen-bond acceptors (Lipinski definition) is 0. The highest BCUT2D eigenvalue weighted by Crippen LogP contribution is 2.66. The molecule has 234 valence electrons. The highest BCUT2D eigenvalue weighted by atomic mass is 14.6. The lowest BCUT2D eigenvalue weighted by atomic mass is 9.41. The van der Waals surface area contributed by atoms with Gasteiger partial charge in [0.2, 0.25) is 0 Å². The smallest absolute Gasteiger partial charge is 0.0241 e.